The van der Waals surface area contributed by atoms with Gasteiger partial charge in [0.05, 0.1) is 10.3 Å². The molecule has 0 aliphatic carbocycles. The number of rotatable bonds is 2. The van der Waals surface area contributed by atoms with E-state index in [1.54, 1.807) is 0 Å². The van der Waals surface area contributed by atoms with Crippen LogP contribution in [0.25, 0.3) is 10.2 Å². The molecule has 1 atom stereocenters. The van der Waals surface area contributed by atoms with E-state index in [-0.39, 0.29) is 17.5 Å². The van der Waals surface area contributed by atoms with E-state index in [2.05, 4.69) is 43.0 Å². The normalized spacial score (nSPS) is 19.2. The average Bonchev–Trinajstić information content (AvgIpc) is 2.94. The molecule has 2 aliphatic heterocycles. The van der Waals surface area contributed by atoms with Gasteiger partial charge < -0.3 is 9.80 Å². The number of nitrogens with zero attached hydrogens (tertiary/aromatic N) is 4. The van der Waals surface area contributed by atoms with Crippen LogP contribution < -0.4 is 10.5 Å². The van der Waals surface area contributed by atoms with Crippen molar-refractivity contribution < 1.29 is 4.79 Å². The molecule has 168 valence electrons. The van der Waals surface area contributed by atoms with E-state index in [9.17, 15) is 9.59 Å². The number of aryl methyl sites for hydroxylation is 3. The lowest BCUT2D eigenvalue weighted by Crippen LogP contribution is -2.53. The molecular weight excluding hydrogens is 420 g/mol. The number of hydrogen-bond donors (Lipinski definition) is 0. The van der Waals surface area contributed by atoms with Crippen LogP contribution in [0.3, 0.4) is 0 Å². The number of aromatic nitrogens is 2. The fourth-order valence-corrected chi connectivity index (χ4v) is 6.25. The van der Waals surface area contributed by atoms with Crippen molar-refractivity contribution in [3.63, 3.8) is 0 Å². The van der Waals surface area contributed by atoms with E-state index in [1.165, 1.54) is 22.6 Å². The lowest BCUT2D eigenvalue weighted by molar-refractivity contribution is 0.0730. The van der Waals surface area contributed by atoms with Gasteiger partial charge in [-0.3, -0.25) is 14.2 Å². The molecule has 2 aliphatic rings. The van der Waals surface area contributed by atoms with Crippen LogP contribution >= 0.6 is 11.3 Å². The fourth-order valence-electron chi connectivity index (χ4n) is 5.09. The van der Waals surface area contributed by atoms with E-state index >= 15 is 0 Å². The van der Waals surface area contributed by atoms with Crippen molar-refractivity contribution >= 4 is 33.1 Å². The number of fused-ring (bicyclic) bond motifs is 2. The van der Waals surface area contributed by atoms with Crippen molar-refractivity contribution in [2.24, 2.45) is 0 Å². The Morgan fingerprint density at radius 2 is 1.97 bits per heavy atom. The number of thiophene rings is 1. The number of hydrogen-bond acceptors (Lipinski definition) is 5. The van der Waals surface area contributed by atoms with Gasteiger partial charge in [-0.2, -0.15) is 0 Å². The molecule has 0 spiro atoms. The highest BCUT2D eigenvalue weighted by Crippen LogP contribution is 2.30. The summed E-state index contributed by atoms with van der Waals surface area (Å²) in [5, 5.41) is 0.635. The molecule has 7 heteroatoms. The maximum absolute atomic E-state index is 13.5. The number of amides is 1. The van der Waals surface area contributed by atoms with Crippen molar-refractivity contribution in [1.82, 2.24) is 14.5 Å². The largest absolute Gasteiger partial charge is 0.365 e. The van der Waals surface area contributed by atoms with Crippen LogP contribution in [0, 0.1) is 13.8 Å². The van der Waals surface area contributed by atoms with Gasteiger partial charge >= 0.3 is 0 Å². The Morgan fingerprint density at radius 1 is 1.12 bits per heavy atom. The minimum Gasteiger partial charge on any atom is -0.365 e. The summed E-state index contributed by atoms with van der Waals surface area (Å²) in [7, 11) is 0. The topological polar surface area (TPSA) is 58.4 Å². The number of piperazine rings is 1. The molecule has 0 bridgehead atoms. The average molecular weight is 451 g/mol. The van der Waals surface area contributed by atoms with Gasteiger partial charge in [0, 0.05) is 44.3 Å². The highest BCUT2D eigenvalue weighted by molar-refractivity contribution is 7.20. The molecule has 1 aromatic carbocycles. The lowest BCUT2D eigenvalue weighted by Gasteiger charge is -2.41. The number of benzene rings is 1. The highest BCUT2D eigenvalue weighted by Gasteiger charge is 2.30. The van der Waals surface area contributed by atoms with Gasteiger partial charge in [0.2, 0.25) is 0 Å². The molecule has 0 N–H and O–H groups in total. The van der Waals surface area contributed by atoms with Gasteiger partial charge in [0.15, 0.2) is 0 Å². The van der Waals surface area contributed by atoms with Gasteiger partial charge in [0.1, 0.15) is 10.7 Å². The van der Waals surface area contributed by atoms with E-state index in [4.69, 9.17) is 4.98 Å². The van der Waals surface area contributed by atoms with E-state index < -0.39 is 0 Å². The van der Waals surface area contributed by atoms with Crippen LogP contribution in [0.1, 0.15) is 52.8 Å². The fraction of sp³-hybridized carbons (Fsp3) is 0.480. The first-order chi connectivity index (χ1) is 15.4. The van der Waals surface area contributed by atoms with Crippen molar-refractivity contribution in [2.45, 2.75) is 59.0 Å². The first kappa shape index (κ1) is 21.2. The van der Waals surface area contributed by atoms with Crippen LogP contribution in [0.15, 0.2) is 29.1 Å². The smallest absolute Gasteiger partial charge is 0.264 e. The van der Waals surface area contributed by atoms with Crippen molar-refractivity contribution in [3.8, 4) is 0 Å². The van der Waals surface area contributed by atoms with E-state index in [1.807, 2.05) is 16.4 Å². The van der Waals surface area contributed by atoms with Crippen LogP contribution in [-0.4, -0.2) is 46.0 Å². The van der Waals surface area contributed by atoms with Gasteiger partial charge in [-0.25, -0.2) is 4.98 Å². The first-order valence-electron chi connectivity index (χ1n) is 11.6. The molecule has 1 amide bonds. The Hall–Kier alpha value is -2.67. The number of carbonyl (C=O) groups is 1. The molecular formula is C25H30N4O2S. The summed E-state index contributed by atoms with van der Waals surface area (Å²) in [5.74, 6) is 0.904. The molecule has 0 radical (unpaired) electrons. The zero-order valence-corrected chi connectivity index (χ0v) is 19.9. The third-order valence-electron chi connectivity index (χ3n) is 6.85. The van der Waals surface area contributed by atoms with Crippen molar-refractivity contribution in [1.29, 1.82) is 0 Å². The molecule has 5 rings (SSSR count). The predicted molar refractivity (Wildman–Crippen MR) is 130 cm³/mol. The number of anilines is 1. The number of carbonyl (C=O) groups excluding carboxylic acids is 1. The third-order valence-corrected chi connectivity index (χ3v) is 8.03. The molecule has 1 fully saturated rings. The molecule has 3 aromatic rings. The van der Waals surface area contributed by atoms with Gasteiger partial charge in [-0.15, -0.1) is 11.3 Å². The first-order valence-corrected chi connectivity index (χ1v) is 12.4. The molecule has 1 saturated heterocycles. The zero-order chi connectivity index (χ0) is 22.4. The van der Waals surface area contributed by atoms with Crippen LogP contribution in [-0.2, 0) is 13.0 Å². The van der Waals surface area contributed by atoms with Crippen LogP contribution in [0.4, 0.5) is 5.69 Å². The summed E-state index contributed by atoms with van der Waals surface area (Å²) in [6.45, 7) is 9.06. The quantitative estimate of drug-likeness (QED) is 0.589. The summed E-state index contributed by atoms with van der Waals surface area (Å²) >= 11 is 1.39. The van der Waals surface area contributed by atoms with Crippen LogP contribution in [0.5, 0.6) is 0 Å². The molecule has 4 heterocycles. The summed E-state index contributed by atoms with van der Waals surface area (Å²) < 4.78 is 1.84. The SMILES string of the molecule is Cc1cccc(N2CCN(C(=O)c3sc4nc5n(c(=O)c4c3C)CCCCC5)C[C@@H]2C)c1. The maximum atomic E-state index is 13.5. The Labute approximate surface area is 192 Å². The van der Waals surface area contributed by atoms with Gasteiger partial charge in [-0.05, 0) is 56.9 Å². The molecule has 32 heavy (non-hydrogen) atoms. The summed E-state index contributed by atoms with van der Waals surface area (Å²) in [6.07, 6.45) is 4.05. The second kappa shape index (κ2) is 8.35. The van der Waals surface area contributed by atoms with Gasteiger partial charge in [-0.1, -0.05) is 18.6 Å². The molecule has 2 aromatic heterocycles. The Kier molecular flexibility index (Phi) is 5.53. The zero-order valence-electron chi connectivity index (χ0n) is 19.1. The Bertz CT molecular complexity index is 1240. The van der Waals surface area contributed by atoms with Crippen molar-refractivity contribution in [2.75, 3.05) is 24.5 Å². The van der Waals surface area contributed by atoms with Gasteiger partial charge in [0.25, 0.3) is 11.5 Å². The summed E-state index contributed by atoms with van der Waals surface area (Å²) in [6, 6.07) is 8.76. The predicted octanol–water partition coefficient (Wildman–Crippen LogP) is 4.15. The highest BCUT2D eigenvalue weighted by atomic mass is 32.1. The summed E-state index contributed by atoms with van der Waals surface area (Å²) in [4.78, 5) is 37.3. The summed E-state index contributed by atoms with van der Waals surface area (Å²) in [5.41, 5.74) is 3.27. The monoisotopic (exact) mass is 450 g/mol. The maximum Gasteiger partial charge on any atom is 0.264 e. The minimum atomic E-state index is 0.0253. The molecule has 0 unspecified atom stereocenters. The minimum absolute atomic E-state index is 0.0253. The lowest BCUT2D eigenvalue weighted by atomic mass is 10.1. The molecule has 6 nitrogen and oxygen atoms in total. The van der Waals surface area contributed by atoms with E-state index in [0.717, 1.165) is 55.0 Å². The second-order valence-electron chi connectivity index (χ2n) is 9.16. The van der Waals surface area contributed by atoms with E-state index in [0.29, 0.717) is 23.4 Å². The standard InChI is InChI=1S/C25H30N4O2S/c1-16-8-7-9-19(14-16)28-13-12-27(15-17(28)2)25(31)22-18(3)21-23(32-22)26-20-10-5-4-6-11-29(20)24(21)30/h7-9,14,17H,4-6,10-13,15H2,1-3H3/t17-/m0/s1. The Balaban J connectivity index is 1.42. The molecule has 0 saturated carbocycles. The third kappa shape index (κ3) is 3.62. The van der Waals surface area contributed by atoms with Crippen molar-refractivity contribution in [3.05, 3.63) is 56.4 Å². The Morgan fingerprint density at radius 3 is 2.75 bits per heavy atom. The van der Waals surface area contributed by atoms with Crippen LogP contribution in [0.2, 0.25) is 0 Å². The second-order valence-corrected chi connectivity index (χ2v) is 10.2.